The van der Waals surface area contributed by atoms with Gasteiger partial charge in [0.1, 0.15) is 11.5 Å². The number of nitrogens with zero attached hydrogens (tertiary/aromatic N) is 4. The predicted molar refractivity (Wildman–Crippen MR) is 175 cm³/mol. The van der Waals surface area contributed by atoms with Gasteiger partial charge in [0.25, 0.3) is 0 Å². The summed E-state index contributed by atoms with van der Waals surface area (Å²) in [5.41, 5.74) is 4.99. The lowest BCUT2D eigenvalue weighted by Gasteiger charge is -2.37. The molecule has 1 aliphatic rings. The van der Waals surface area contributed by atoms with Crippen LogP contribution in [0.1, 0.15) is 22.3 Å². The van der Waals surface area contributed by atoms with Crippen molar-refractivity contribution in [2.75, 3.05) is 32.7 Å². The van der Waals surface area contributed by atoms with Crippen LogP contribution in [0.15, 0.2) is 121 Å². The number of hydrogen-bond donors (Lipinski definition) is 2. The van der Waals surface area contributed by atoms with Gasteiger partial charge in [-0.15, -0.1) is 0 Å². The second-order valence-electron chi connectivity index (χ2n) is 11.5. The summed E-state index contributed by atoms with van der Waals surface area (Å²) in [5, 5.41) is 19.4. The number of hydrogen-bond acceptors (Lipinski definition) is 6. The first-order valence-corrected chi connectivity index (χ1v) is 15.2. The van der Waals surface area contributed by atoms with E-state index in [-0.39, 0.29) is 36.4 Å². The summed E-state index contributed by atoms with van der Waals surface area (Å²) in [7, 11) is 0. The second kappa shape index (κ2) is 15.1. The highest BCUT2D eigenvalue weighted by molar-refractivity contribution is 5.82. The average molecular weight is 605 g/mol. The summed E-state index contributed by atoms with van der Waals surface area (Å²) in [5.74, 6) is 0.201. The Kier molecular flexibility index (Phi) is 10.5. The first-order valence-electron chi connectivity index (χ1n) is 15.2. The highest BCUT2D eigenvalue weighted by Gasteiger charge is 2.28. The minimum Gasteiger partial charge on any atom is -0.508 e. The van der Waals surface area contributed by atoms with E-state index in [1.54, 1.807) is 53.4 Å². The number of phenols is 2. The molecule has 4 aromatic carbocycles. The molecule has 2 amide bonds. The van der Waals surface area contributed by atoms with Crippen LogP contribution in [0.2, 0.25) is 0 Å². The van der Waals surface area contributed by atoms with Gasteiger partial charge < -0.3 is 24.9 Å². The van der Waals surface area contributed by atoms with E-state index in [2.05, 4.69) is 35.7 Å². The number of amides is 2. The van der Waals surface area contributed by atoms with Crippen molar-refractivity contribution in [1.82, 2.24) is 19.6 Å². The number of benzene rings is 4. The van der Waals surface area contributed by atoms with Crippen LogP contribution in [0.25, 0.3) is 0 Å². The van der Waals surface area contributed by atoms with E-state index in [9.17, 15) is 19.8 Å². The van der Waals surface area contributed by atoms with Crippen LogP contribution in [0.3, 0.4) is 0 Å². The number of aromatic hydroxyl groups is 2. The van der Waals surface area contributed by atoms with Crippen LogP contribution in [0.5, 0.6) is 11.5 Å². The lowest BCUT2D eigenvalue weighted by molar-refractivity contribution is -0.139. The third kappa shape index (κ3) is 9.20. The van der Waals surface area contributed by atoms with E-state index in [0.29, 0.717) is 45.8 Å². The normalized spacial score (nSPS) is 13.4. The zero-order valence-electron chi connectivity index (χ0n) is 25.5. The monoisotopic (exact) mass is 604 g/mol. The number of phenolic OH excluding ortho intramolecular Hbond substituents is 2. The largest absolute Gasteiger partial charge is 0.508 e. The van der Waals surface area contributed by atoms with E-state index in [1.807, 2.05) is 46.2 Å². The first-order chi connectivity index (χ1) is 21.8. The summed E-state index contributed by atoms with van der Waals surface area (Å²) < 4.78 is 0. The minimum atomic E-state index is -0.0984. The maximum Gasteiger partial charge on any atom is 0.237 e. The van der Waals surface area contributed by atoms with Crippen molar-refractivity contribution in [3.63, 3.8) is 0 Å². The highest BCUT2D eigenvalue weighted by Crippen LogP contribution is 2.19. The smallest absolute Gasteiger partial charge is 0.237 e. The maximum absolute atomic E-state index is 13.6. The molecule has 1 heterocycles. The minimum absolute atomic E-state index is 0.0295. The van der Waals surface area contributed by atoms with Crippen LogP contribution >= 0.6 is 0 Å². The zero-order chi connectivity index (χ0) is 31.6. The summed E-state index contributed by atoms with van der Waals surface area (Å²) in [4.78, 5) is 34.6. The van der Waals surface area contributed by atoms with E-state index >= 15 is 0 Å². The van der Waals surface area contributed by atoms with E-state index in [0.717, 1.165) is 16.8 Å². The Morgan fingerprint density at radius 3 is 1.53 bits per heavy atom. The fraction of sp³-hybridized carbons (Fsp3) is 0.243. The second-order valence-corrected chi connectivity index (χ2v) is 11.5. The van der Waals surface area contributed by atoms with Gasteiger partial charge in [-0.1, -0.05) is 91.5 Å². The van der Waals surface area contributed by atoms with Crippen LogP contribution in [0.4, 0.5) is 0 Å². The first kappa shape index (κ1) is 31.3. The molecule has 5 rings (SSSR count). The molecule has 0 aliphatic carbocycles. The molecule has 232 valence electrons. The van der Waals surface area contributed by atoms with Crippen LogP contribution in [0, 0.1) is 0 Å². The number of piperazine rings is 1. The molecule has 0 spiro atoms. The fourth-order valence-electron chi connectivity index (χ4n) is 5.43. The van der Waals surface area contributed by atoms with Crippen molar-refractivity contribution >= 4 is 11.8 Å². The molecule has 0 atom stereocenters. The Hall–Kier alpha value is -5.08. The molecule has 0 saturated carbocycles. The Balaban J connectivity index is 1.20. The van der Waals surface area contributed by atoms with E-state index in [4.69, 9.17) is 0 Å². The maximum atomic E-state index is 13.6. The quantitative estimate of drug-likeness (QED) is 0.224. The molecule has 2 N–H and O–H groups in total. The fourth-order valence-corrected chi connectivity index (χ4v) is 5.43. The predicted octanol–water partition coefficient (Wildman–Crippen LogP) is 4.99. The summed E-state index contributed by atoms with van der Waals surface area (Å²) in [6, 6.07) is 34.1. The van der Waals surface area contributed by atoms with Crippen molar-refractivity contribution in [1.29, 1.82) is 0 Å². The summed E-state index contributed by atoms with van der Waals surface area (Å²) in [6.07, 6.45) is 0. The molecule has 0 unspecified atom stereocenters. The van der Waals surface area contributed by atoms with Crippen molar-refractivity contribution < 1.29 is 19.8 Å². The van der Waals surface area contributed by atoms with Gasteiger partial charge in [-0.25, -0.2) is 0 Å². The molecule has 4 aromatic rings. The van der Waals surface area contributed by atoms with Gasteiger partial charge in [-0.05, 0) is 46.5 Å². The number of carbonyl (C=O) groups is 2. The van der Waals surface area contributed by atoms with Crippen LogP contribution in [-0.2, 0) is 35.8 Å². The zero-order valence-corrected chi connectivity index (χ0v) is 25.5. The topological polar surface area (TPSA) is 87.6 Å². The van der Waals surface area contributed by atoms with Crippen molar-refractivity contribution in [2.24, 2.45) is 0 Å². The molecule has 8 nitrogen and oxygen atoms in total. The Labute approximate surface area is 265 Å². The Bertz CT molecular complexity index is 1470. The Morgan fingerprint density at radius 2 is 1.07 bits per heavy atom. The lowest BCUT2D eigenvalue weighted by Crippen LogP contribution is -2.53. The van der Waals surface area contributed by atoms with Crippen LogP contribution in [-0.4, -0.2) is 74.4 Å². The molecule has 45 heavy (non-hydrogen) atoms. The third-order valence-corrected chi connectivity index (χ3v) is 7.98. The molecular formula is C37H40N4O4. The third-order valence-electron chi connectivity index (χ3n) is 7.98. The van der Waals surface area contributed by atoms with Gasteiger partial charge in [0, 0.05) is 45.0 Å². The summed E-state index contributed by atoms with van der Waals surface area (Å²) >= 11 is 0. The van der Waals surface area contributed by atoms with Crippen LogP contribution < -0.4 is 0 Å². The molecule has 0 bridgehead atoms. The van der Waals surface area contributed by atoms with E-state index < -0.39 is 0 Å². The van der Waals surface area contributed by atoms with Crippen molar-refractivity contribution in [3.8, 4) is 11.5 Å². The molecule has 0 radical (unpaired) electrons. The van der Waals surface area contributed by atoms with Gasteiger partial charge in [-0.3, -0.25) is 14.5 Å². The van der Waals surface area contributed by atoms with Gasteiger partial charge in [0.05, 0.1) is 19.6 Å². The standard InChI is InChI=1S/C37H40N4O4/c1-29(40(23-30-8-4-2-5-9-30)24-31-10-6-3-7-11-31)22-39-21-20-38(27-36(39)44)28-37(45)41(25-32-12-16-34(42)17-13-32)26-33-14-18-35(43)19-15-33/h2-19,42-43H,1,20-28H2. The van der Waals surface area contributed by atoms with Crippen molar-refractivity contribution in [2.45, 2.75) is 26.2 Å². The molecule has 8 heteroatoms. The molecule has 1 fully saturated rings. The van der Waals surface area contributed by atoms with Gasteiger partial charge >= 0.3 is 0 Å². The number of carbonyl (C=O) groups excluding carboxylic acids is 2. The SMILES string of the molecule is C=C(CN1CCN(CC(=O)N(Cc2ccc(O)cc2)Cc2ccc(O)cc2)CC1=O)N(Cc1ccccc1)Cc1ccccc1. The van der Waals surface area contributed by atoms with Gasteiger partial charge in [-0.2, -0.15) is 0 Å². The molecular weight excluding hydrogens is 564 g/mol. The van der Waals surface area contributed by atoms with Crippen molar-refractivity contribution in [3.05, 3.63) is 144 Å². The number of rotatable bonds is 13. The average Bonchev–Trinajstić information content (AvgIpc) is 3.04. The Morgan fingerprint density at radius 1 is 0.622 bits per heavy atom. The molecule has 1 saturated heterocycles. The van der Waals surface area contributed by atoms with Gasteiger partial charge in [0.15, 0.2) is 0 Å². The van der Waals surface area contributed by atoms with E-state index in [1.165, 1.54) is 11.1 Å². The van der Waals surface area contributed by atoms with Gasteiger partial charge in [0.2, 0.25) is 11.8 Å². The lowest BCUT2D eigenvalue weighted by atomic mass is 10.1. The molecule has 1 aliphatic heterocycles. The summed E-state index contributed by atoms with van der Waals surface area (Å²) in [6.45, 7) is 8.25. The molecule has 0 aromatic heterocycles. The highest BCUT2D eigenvalue weighted by atomic mass is 16.3.